The van der Waals surface area contributed by atoms with Gasteiger partial charge in [0.05, 0.1) is 0 Å². The average molecular weight is 398 g/mol. The minimum absolute atomic E-state index is 0.315. The molecule has 0 heterocycles. The fraction of sp³-hybridized carbons (Fsp3) is 0.318. The number of nitrogens with one attached hydrogen (secondary N) is 2. The molecule has 0 atom stereocenters. The summed E-state index contributed by atoms with van der Waals surface area (Å²) in [6.45, 7) is 1.96. The van der Waals surface area contributed by atoms with E-state index in [4.69, 9.17) is 9.47 Å². The van der Waals surface area contributed by atoms with Crippen molar-refractivity contribution in [3.05, 3.63) is 60.2 Å². The van der Waals surface area contributed by atoms with Crippen molar-refractivity contribution in [3.8, 4) is 11.5 Å². The van der Waals surface area contributed by atoms with Crippen molar-refractivity contribution >= 4 is 17.8 Å². The second kappa shape index (κ2) is 12.2. The van der Waals surface area contributed by atoms with Gasteiger partial charge in [0, 0.05) is 12.1 Å². The molecule has 0 unspecified atom stereocenters. The minimum Gasteiger partial charge on any atom is -0.457 e. The normalized spacial score (nSPS) is 10.1. The van der Waals surface area contributed by atoms with Crippen LogP contribution < -0.4 is 15.4 Å². The largest absolute Gasteiger partial charge is 0.457 e. The number of rotatable bonds is 11. The summed E-state index contributed by atoms with van der Waals surface area (Å²) in [5.74, 6) is -0.156. The van der Waals surface area contributed by atoms with Crippen LogP contribution in [0.3, 0.4) is 0 Å². The quantitative estimate of drug-likeness (QED) is 0.448. The molecular weight excluding hydrogens is 372 g/mol. The van der Waals surface area contributed by atoms with E-state index in [0.29, 0.717) is 23.6 Å². The predicted octanol–water partition coefficient (Wildman–Crippen LogP) is 3.06. The van der Waals surface area contributed by atoms with E-state index >= 15 is 0 Å². The van der Waals surface area contributed by atoms with Crippen LogP contribution >= 0.6 is 0 Å². The third-order valence-corrected chi connectivity index (χ3v) is 3.96. The number of amides is 2. The van der Waals surface area contributed by atoms with Crippen molar-refractivity contribution in [2.75, 3.05) is 19.7 Å². The molecule has 7 heteroatoms. The molecule has 0 aromatic heterocycles. The minimum atomic E-state index is -0.675. The first-order valence-corrected chi connectivity index (χ1v) is 9.62. The summed E-state index contributed by atoms with van der Waals surface area (Å²) in [7, 11) is 0. The number of hydrogen-bond donors (Lipinski definition) is 2. The van der Waals surface area contributed by atoms with E-state index in [1.165, 1.54) is 0 Å². The summed E-state index contributed by atoms with van der Waals surface area (Å²) in [5, 5.41) is 5.14. The van der Waals surface area contributed by atoms with Crippen molar-refractivity contribution in [2.24, 2.45) is 0 Å². The molecule has 154 valence electrons. The van der Waals surface area contributed by atoms with Gasteiger partial charge < -0.3 is 20.1 Å². The first kappa shape index (κ1) is 21.9. The molecule has 2 amide bonds. The monoisotopic (exact) mass is 398 g/mol. The second-order valence-corrected chi connectivity index (χ2v) is 6.34. The van der Waals surface area contributed by atoms with Gasteiger partial charge in [-0.05, 0) is 42.8 Å². The zero-order valence-electron chi connectivity index (χ0n) is 16.5. The highest BCUT2D eigenvalue weighted by atomic mass is 16.5. The van der Waals surface area contributed by atoms with E-state index in [1.807, 2.05) is 30.3 Å². The summed E-state index contributed by atoms with van der Waals surface area (Å²) in [5.41, 5.74) is 0.381. The molecule has 0 fully saturated rings. The van der Waals surface area contributed by atoms with Crippen molar-refractivity contribution in [1.29, 1.82) is 0 Å². The third-order valence-electron chi connectivity index (χ3n) is 3.96. The Kier molecular flexibility index (Phi) is 9.21. The van der Waals surface area contributed by atoms with Gasteiger partial charge in [-0.1, -0.05) is 38.0 Å². The van der Waals surface area contributed by atoms with Crippen molar-refractivity contribution in [1.82, 2.24) is 10.6 Å². The lowest BCUT2D eigenvalue weighted by molar-refractivity contribution is -0.147. The number of carbonyl (C=O) groups excluding carboxylic acids is 3. The molecule has 0 aliphatic rings. The Morgan fingerprint density at radius 1 is 0.862 bits per heavy atom. The summed E-state index contributed by atoms with van der Waals surface area (Å²) in [4.78, 5) is 35.3. The van der Waals surface area contributed by atoms with E-state index in [2.05, 4.69) is 17.6 Å². The maximum atomic E-state index is 12.1. The Hall–Kier alpha value is -3.35. The lowest BCUT2D eigenvalue weighted by atomic mass is 10.2. The van der Waals surface area contributed by atoms with Gasteiger partial charge in [-0.25, -0.2) is 0 Å². The molecule has 0 saturated carbocycles. The van der Waals surface area contributed by atoms with E-state index in [1.54, 1.807) is 24.3 Å². The smallest absolute Gasteiger partial charge is 0.325 e. The molecule has 2 aromatic rings. The predicted molar refractivity (Wildman–Crippen MR) is 109 cm³/mol. The Balaban J connectivity index is 1.69. The van der Waals surface area contributed by atoms with Crippen LogP contribution in [0.1, 0.15) is 36.5 Å². The highest BCUT2D eigenvalue weighted by Crippen LogP contribution is 2.21. The van der Waals surface area contributed by atoms with Crippen LogP contribution in [-0.4, -0.2) is 37.5 Å². The number of esters is 1. The topological polar surface area (TPSA) is 93.7 Å². The van der Waals surface area contributed by atoms with Crippen LogP contribution in [0.4, 0.5) is 0 Å². The van der Waals surface area contributed by atoms with Gasteiger partial charge in [-0.3, -0.25) is 14.4 Å². The summed E-state index contributed by atoms with van der Waals surface area (Å²) >= 11 is 0. The Bertz CT molecular complexity index is 791. The SMILES string of the molecule is CCCCCNC(=O)COC(=O)CNC(=O)c1ccc(Oc2ccccc2)cc1. The number of benzene rings is 2. The van der Waals surface area contributed by atoms with E-state index < -0.39 is 11.9 Å². The number of unbranched alkanes of at least 4 members (excludes halogenated alkanes) is 2. The third kappa shape index (κ3) is 8.47. The number of ether oxygens (including phenoxy) is 2. The molecule has 2 rings (SSSR count). The Morgan fingerprint density at radius 2 is 1.55 bits per heavy atom. The maximum Gasteiger partial charge on any atom is 0.325 e. The lowest BCUT2D eigenvalue weighted by Crippen LogP contribution is -2.34. The van der Waals surface area contributed by atoms with Crippen molar-refractivity contribution in [2.45, 2.75) is 26.2 Å². The summed E-state index contributed by atoms with van der Waals surface area (Å²) in [6, 6.07) is 15.8. The molecular formula is C22H26N2O5. The molecule has 0 bridgehead atoms. The van der Waals surface area contributed by atoms with Crippen LogP contribution in [0.25, 0.3) is 0 Å². The molecule has 7 nitrogen and oxygen atoms in total. The first-order chi connectivity index (χ1) is 14.1. The van der Waals surface area contributed by atoms with E-state index in [9.17, 15) is 14.4 Å². The highest BCUT2D eigenvalue weighted by Gasteiger charge is 2.11. The maximum absolute atomic E-state index is 12.1. The zero-order chi connectivity index (χ0) is 20.9. The molecule has 0 radical (unpaired) electrons. The van der Waals surface area contributed by atoms with Gasteiger partial charge in [0.2, 0.25) is 0 Å². The van der Waals surface area contributed by atoms with E-state index in [-0.39, 0.29) is 19.1 Å². The van der Waals surface area contributed by atoms with Gasteiger partial charge in [-0.15, -0.1) is 0 Å². The second-order valence-electron chi connectivity index (χ2n) is 6.34. The molecule has 29 heavy (non-hydrogen) atoms. The highest BCUT2D eigenvalue weighted by molar-refractivity contribution is 5.96. The fourth-order valence-corrected chi connectivity index (χ4v) is 2.40. The van der Waals surface area contributed by atoms with Crippen LogP contribution in [-0.2, 0) is 14.3 Å². The molecule has 0 aliphatic carbocycles. The number of para-hydroxylation sites is 1. The van der Waals surface area contributed by atoms with Gasteiger partial charge in [-0.2, -0.15) is 0 Å². The van der Waals surface area contributed by atoms with Gasteiger partial charge >= 0.3 is 5.97 Å². The molecule has 0 saturated heterocycles. The van der Waals surface area contributed by atoms with Gasteiger partial charge in [0.25, 0.3) is 11.8 Å². The molecule has 2 N–H and O–H groups in total. The van der Waals surface area contributed by atoms with Crippen molar-refractivity contribution in [3.63, 3.8) is 0 Å². The Morgan fingerprint density at radius 3 is 2.24 bits per heavy atom. The molecule has 2 aromatic carbocycles. The first-order valence-electron chi connectivity index (χ1n) is 9.62. The fourth-order valence-electron chi connectivity index (χ4n) is 2.40. The summed E-state index contributed by atoms with van der Waals surface area (Å²) in [6.07, 6.45) is 2.99. The van der Waals surface area contributed by atoms with Crippen molar-refractivity contribution < 1.29 is 23.9 Å². The van der Waals surface area contributed by atoms with Crippen LogP contribution in [0, 0.1) is 0 Å². The van der Waals surface area contributed by atoms with Crippen LogP contribution in [0.5, 0.6) is 11.5 Å². The number of hydrogen-bond acceptors (Lipinski definition) is 5. The van der Waals surface area contributed by atoms with Gasteiger partial charge in [0.15, 0.2) is 6.61 Å². The van der Waals surface area contributed by atoms with Crippen LogP contribution in [0.15, 0.2) is 54.6 Å². The number of carbonyl (C=O) groups is 3. The average Bonchev–Trinajstić information content (AvgIpc) is 2.75. The van der Waals surface area contributed by atoms with Crippen LogP contribution in [0.2, 0.25) is 0 Å². The van der Waals surface area contributed by atoms with E-state index in [0.717, 1.165) is 19.3 Å². The molecule has 0 aliphatic heterocycles. The zero-order valence-corrected chi connectivity index (χ0v) is 16.5. The standard InChI is InChI=1S/C22H26N2O5/c1-2-3-7-14-23-20(25)16-28-21(26)15-24-22(27)17-10-12-19(13-11-17)29-18-8-5-4-6-9-18/h4-6,8-13H,2-3,7,14-16H2,1H3,(H,23,25)(H,24,27). The molecule has 0 spiro atoms. The van der Waals surface area contributed by atoms with Gasteiger partial charge in [0.1, 0.15) is 18.0 Å². The lowest BCUT2D eigenvalue weighted by Gasteiger charge is -2.08. The summed E-state index contributed by atoms with van der Waals surface area (Å²) < 4.78 is 10.5. The Labute approximate surface area is 170 Å².